The van der Waals surface area contributed by atoms with Gasteiger partial charge in [-0.05, 0) is 50.1 Å². The van der Waals surface area contributed by atoms with Crippen molar-refractivity contribution >= 4 is 33.2 Å². The molecule has 1 aliphatic rings. The summed E-state index contributed by atoms with van der Waals surface area (Å²) < 4.78 is 31.4. The maximum atomic E-state index is 12.8. The second kappa shape index (κ2) is 7.64. The van der Waals surface area contributed by atoms with Crippen molar-refractivity contribution in [1.29, 1.82) is 0 Å². The Labute approximate surface area is 170 Å². The van der Waals surface area contributed by atoms with Crippen molar-refractivity contribution in [2.24, 2.45) is 0 Å². The third-order valence-electron chi connectivity index (χ3n) is 4.74. The summed E-state index contributed by atoms with van der Waals surface area (Å²) >= 11 is 6.00. The Kier molecular flexibility index (Phi) is 5.59. The van der Waals surface area contributed by atoms with Gasteiger partial charge in [0.25, 0.3) is 5.91 Å². The molecule has 0 fully saturated rings. The van der Waals surface area contributed by atoms with E-state index in [1.807, 2.05) is 39.0 Å². The maximum Gasteiger partial charge on any atom is 0.263 e. The number of amides is 1. The molecule has 3 rings (SSSR count). The molecule has 8 heteroatoms. The van der Waals surface area contributed by atoms with Gasteiger partial charge in [0.2, 0.25) is 10.0 Å². The van der Waals surface area contributed by atoms with Gasteiger partial charge in [0.05, 0.1) is 24.5 Å². The highest BCUT2D eigenvalue weighted by Gasteiger charge is 2.35. The molecule has 0 saturated heterocycles. The molecule has 2 aromatic rings. The standard InChI is InChI=1S/C20H23ClN2O4S/c1-12-5-6-13(2)16(9-12)14(3)22-20(24)19-11-23(28(4,25)26)17-10-15(21)7-8-18(17)27-19/h5-10,14,19H,11H2,1-4H3,(H,22,24)/t14-,19-/m1/s1. The first-order valence-corrected chi connectivity index (χ1v) is 11.1. The number of ether oxygens (including phenoxy) is 1. The zero-order valence-electron chi connectivity index (χ0n) is 16.2. The number of nitrogens with zero attached hydrogens (tertiary/aromatic N) is 1. The van der Waals surface area contributed by atoms with Crippen molar-refractivity contribution in [2.45, 2.75) is 32.9 Å². The van der Waals surface area contributed by atoms with E-state index in [1.165, 1.54) is 6.07 Å². The fraction of sp³-hybridized carbons (Fsp3) is 0.350. The summed E-state index contributed by atoms with van der Waals surface area (Å²) in [4.78, 5) is 12.8. The molecular formula is C20H23ClN2O4S. The number of anilines is 1. The van der Waals surface area contributed by atoms with Crippen LogP contribution in [0.2, 0.25) is 5.02 Å². The van der Waals surface area contributed by atoms with Crippen LogP contribution in [0.3, 0.4) is 0 Å². The third kappa shape index (κ3) is 4.25. The monoisotopic (exact) mass is 422 g/mol. The highest BCUT2D eigenvalue weighted by Crippen LogP contribution is 2.37. The average molecular weight is 423 g/mol. The summed E-state index contributed by atoms with van der Waals surface area (Å²) in [5.74, 6) is -0.0664. The zero-order valence-corrected chi connectivity index (χ0v) is 17.8. The van der Waals surface area contributed by atoms with Crippen LogP contribution < -0.4 is 14.4 Å². The SMILES string of the molecule is Cc1ccc(C)c([C@@H](C)NC(=O)[C@H]2CN(S(C)(=O)=O)c3cc(Cl)ccc3O2)c1. The Morgan fingerprint density at radius 3 is 2.64 bits per heavy atom. The zero-order chi connectivity index (χ0) is 20.6. The van der Waals surface area contributed by atoms with E-state index in [-0.39, 0.29) is 18.5 Å². The average Bonchev–Trinajstić information content (AvgIpc) is 2.61. The van der Waals surface area contributed by atoms with Crippen molar-refractivity contribution in [2.75, 3.05) is 17.1 Å². The number of aryl methyl sites for hydroxylation is 2. The predicted molar refractivity (Wildman–Crippen MR) is 111 cm³/mol. The van der Waals surface area contributed by atoms with Gasteiger partial charge in [-0.3, -0.25) is 9.10 Å². The fourth-order valence-electron chi connectivity index (χ4n) is 3.29. The maximum absolute atomic E-state index is 12.8. The van der Waals surface area contributed by atoms with Crippen molar-refractivity contribution < 1.29 is 17.9 Å². The smallest absolute Gasteiger partial charge is 0.263 e. The van der Waals surface area contributed by atoms with Gasteiger partial charge in [-0.15, -0.1) is 0 Å². The van der Waals surface area contributed by atoms with Crippen LogP contribution in [0, 0.1) is 13.8 Å². The molecule has 6 nitrogen and oxygen atoms in total. The Morgan fingerprint density at radius 1 is 1.25 bits per heavy atom. The molecule has 1 aliphatic heterocycles. The second-order valence-electron chi connectivity index (χ2n) is 7.10. The van der Waals surface area contributed by atoms with Crippen LogP contribution >= 0.6 is 11.6 Å². The lowest BCUT2D eigenvalue weighted by Gasteiger charge is -2.34. The van der Waals surface area contributed by atoms with Crippen molar-refractivity contribution in [3.63, 3.8) is 0 Å². The number of nitrogens with one attached hydrogen (secondary N) is 1. The number of rotatable bonds is 4. The topological polar surface area (TPSA) is 75.7 Å². The van der Waals surface area contributed by atoms with E-state index in [2.05, 4.69) is 5.32 Å². The number of hydrogen-bond acceptors (Lipinski definition) is 4. The molecule has 0 aromatic heterocycles. The van der Waals surface area contributed by atoms with Crippen molar-refractivity contribution in [1.82, 2.24) is 5.32 Å². The van der Waals surface area contributed by atoms with Gasteiger partial charge in [0, 0.05) is 5.02 Å². The second-order valence-corrected chi connectivity index (χ2v) is 9.45. The lowest BCUT2D eigenvalue weighted by atomic mass is 10.00. The van der Waals surface area contributed by atoms with Gasteiger partial charge in [-0.1, -0.05) is 35.4 Å². The fourth-order valence-corrected chi connectivity index (χ4v) is 4.36. The van der Waals surface area contributed by atoms with Crippen LogP contribution in [0.25, 0.3) is 0 Å². The van der Waals surface area contributed by atoms with E-state index >= 15 is 0 Å². The van der Waals surface area contributed by atoms with Crippen LogP contribution in [-0.4, -0.2) is 33.2 Å². The summed E-state index contributed by atoms with van der Waals surface area (Å²) in [7, 11) is -3.60. The van der Waals surface area contributed by atoms with Crippen LogP contribution in [-0.2, 0) is 14.8 Å². The normalized spacial score (nSPS) is 17.5. The molecule has 0 saturated carbocycles. The molecule has 0 radical (unpaired) electrons. The van der Waals surface area contributed by atoms with Crippen LogP contribution in [0.15, 0.2) is 36.4 Å². The van der Waals surface area contributed by atoms with Gasteiger partial charge in [0.1, 0.15) is 5.75 Å². The third-order valence-corrected chi connectivity index (χ3v) is 6.12. The first-order valence-electron chi connectivity index (χ1n) is 8.87. The van der Waals surface area contributed by atoms with E-state index in [0.717, 1.165) is 27.3 Å². The molecule has 1 amide bonds. The Morgan fingerprint density at radius 2 is 1.96 bits per heavy atom. The molecule has 1 N–H and O–H groups in total. The summed E-state index contributed by atoms with van der Waals surface area (Å²) in [5, 5.41) is 3.33. The lowest BCUT2D eigenvalue weighted by Crippen LogP contribution is -2.50. The lowest BCUT2D eigenvalue weighted by molar-refractivity contribution is -0.128. The van der Waals surface area contributed by atoms with Gasteiger partial charge >= 0.3 is 0 Å². The number of hydrogen-bond donors (Lipinski definition) is 1. The quantitative estimate of drug-likeness (QED) is 0.819. The number of benzene rings is 2. The van der Waals surface area contributed by atoms with Crippen LogP contribution in [0.1, 0.15) is 29.7 Å². The molecule has 28 heavy (non-hydrogen) atoms. The largest absolute Gasteiger partial charge is 0.476 e. The minimum Gasteiger partial charge on any atom is -0.476 e. The molecule has 0 unspecified atom stereocenters. The molecule has 0 bridgehead atoms. The molecule has 0 spiro atoms. The molecule has 0 aliphatic carbocycles. The summed E-state index contributed by atoms with van der Waals surface area (Å²) in [6, 6.07) is 10.5. The molecular weight excluding hydrogens is 400 g/mol. The first kappa shape index (κ1) is 20.5. The minimum atomic E-state index is -3.60. The Hall–Kier alpha value is -2.25. The summed E-state index contributed by atoms with van der Waals surface area (Å²) in [5.41, 5.74) is 3.52. The minimum absolute atomic E-state index is 0.114. The van der Waals surface area contributed by atoms with Crippen LogP contribution in [0.5, 0.6) is 5.75 Å². The first-order chi connectivity index (χ1) is 13.1. The van der Waals surface area contributed by atoms with Gasteiger partial charge in [0.15, 0.2) is 6.10 Å². The molecule has 150 valence electrons. The van der Waals surface area contributed by atoms with Crippen molar-refractivity contribution in [3.8, 4) is 5.75 Å². The summed E-state index contributed by atoms with van der Waals surface area (Å²) in [6.45, 7) is 5.76. The van der Waals surface area contributed by atoms with E-state index in [4.69, 9.17) is 16.3 Å². The number of carbonyl (C=O) groups excluding carboxylic acids is 1. The van der Waals surface area contributed by atoms with E-state index in [1.54, 1.807) is 12.1 Å². The van der Waals surface area contributed by atoms with Crippen molar-refractivity contribution in [3.05, 3.63) is 58.1 Å². The Balaban J connectivity index is 1.84. The van der Waals surface area contributed by atoms with Crippen LogP contribution in [0.4, 0.5) is 5.69 Å². The van der Waals surface area contributed by atoms with Gasteiger partial charge < -0.3 is 10.1 Å². The van der Waals surface area contributed by atoms with E-state index in [9.17, 15) is 13.2 Å². The number of halogens is 1. The van der Waals surface area contributed by atoms with E-state index < -0.39 is 16.1 Å². The highest BCUT2D eigenvalue weighted by molar-refractivity contribution is 7.92. The van der Waals surface area contributed by atoms with Gasteiger partial charge in [-0.2, -0.15) is 0 Å². The molecule has 2 atom stereocenters. The summed E-state index contributed by atoms with van der Waals surface area (Å²) in [6.07, 6.45) is 0.132. The van der Waals surface area contributed by atoms with E-state index in [0.29, 0.717) is 16.5 Å². The number of sulfonamides is 1. The predicted octanol–water partition coefficient (Wildman–Crippen LogP) is 3.36. The number of fused-ring (bicyclic) bond motifs is 1. The Bertz CT molecular complexity index is 1020. The number of carbonyl (C=O) groups is 1. The van der Waals surface area contributed by atoms with Gasteiger partial charge in [-0.25, -0.2) is 8.42 Å². The molecule has 1 heterocycles. The molecule has 2 aromatic carbocycles. The highest BCUT2D eigenvalue weighted by atomic mass is 35.5.